The average molecular weight is 328 g/mol. The number of nitrogen functional groups attached to an aromatic ring is 1. The quantitative estimate of drug-likeness (QED) is 0.862. The molecule has 0 unspecified atom stereocenters. The minimum atomic E-state index is 0.360. The van der Waals surface area contributed by atoms with Gasteiger partial charge in [-0.15, -0.1) is 0 Å². The molecule has 2 aromatic rings. The van der Waals surface area contributed by atoms with Crippen molar-refractivity contribution in [3.8, 4) is 5.82 Å². The van der Waals surface area contributed by atoms with Gasteiger partial charge in [0.1, 0.15) is 5.82 Å². The first kappa shape index (κ1) is 11.4. The molecule has 0 aliphatic rings. The fraction of sp³-hybridized carbons (Fsp3) is 0.273. The van der Waals surface area contributed by atoms with E-state index >= 15 is 0 Å². The van der Waals surface area contributed by atoms with Crippen molar-refractivity contribution < 1.29 is 0 Å². The van der Waals surface area contributed by atoms with E-state index in [9.17, 15) is 0 Å². The summed E-state index contributed by atoms with van der Waals surface area (Å²) < 4.78 is 2.70. The zero-order valence-electron chi connectivity index (χ0n) is 9.18. The normalized spacial score (nSPS) is 11.0. The molecule has 84 valence electrons. The Bertz CT molecular complexity index is 490. The molecule has 0 spiro atoms. The van der Waals surface area contributed by atoms with Gasteiger partial charge in [0.05, 0.1) is 9.26 Å². The smallest absolute Gasteiger partial charge is 0.155 e. The molecule has 0 aliphatic carbocycles. The van der Waals surface area contributed by atoms with Crippen LogP contribution in [0.4, 0.5) is 5.82 Å². The predicted molar refractivity (Wildman–Crippen MR) is 72.6 cm³/mol. The van der Waals surface area contributed by atoms with E-state index in [2.05, 4.69) is 46.5 Å². The Morgan fingerprint density at radius 2 is 2.12 bits per heavy atom. The summed E-state index contributed by atoms with van der Waals surface area (Å²) in [6.45, 7) is 4.21. The lowest BCUT2D eigenvalue weighted by molar-refractivity contribution is 0.759. The molecule has 0 atom stereocenters. The first-order valence-electron chi connectivity index (χ1n) is 5.06. The highest BCUT2D eigenvalue weighted by atomic mass is 127. The first-order valence-corrected chi connectivity index (χ1v) is 6.14. The highest BCUT2D eigenvalue weighted by molar-refractivity contribution is 14.1. The monoisotopic (exact) mass is 328 g/mol. The highest BCUT2D eigenvalue weighted by Crippen LogP contribution is 2.26. The van der Waals surface area contributed by atoms with E-state index in [1.54, 1.807) is 10.9 Å². The van der Waals surface area contributed by atoms with Gasteiger partial charge in [-0.3, -0.25) is 0 Å². The van der Waals surface area contributed by atoms with Gasteiger partial charge in [-0.2, -0.15) is 9.78 Å². The van der Waals surface area contributed by atoms with Crippen LogP contribution in [-0.2, 0) is 0 Å². The molecule has 0 amide bonds. The summed E-state index contributed by atoms with van der Waals surface area (Å²) in [5.41, 5.74) is 7.04. The van der Waals surface area contributed by atoms with E-state index in [1.165, 1.54) is 0 Å². The first-order chi connectivity index (χ1) is 7.61. The van der Waals surface area contributed by atoms with Crippen LogP contribution in [0.3, 0.4) is 0 Å². The molecule has 2 heterocycles. The van der Waals surface area contributed by atoms with E-state index in [-0.39, 0.29) is 0 Å². The third-order valence-electron chi connectivity index (χ3n) is 2.30. The summed E-state index contributed by atoms with van der Waals surface area (Å²) in [4.78, 5) is 4.24. The number of nitrogens with zero attached hydrogens (tertiary/aromatic N) is 3. The van der Waals surface area contributed by atoms with Crippen molar-refractivity contribution in [1.82, 2.24) is 14.8 Å². The molecule has 4 nitrogen and oxygen atoms in total. The summed E-state index contributed by atoms with van der Waals surface area (Å²) >= 11 is 2.23. The lowest BCUT2D eigenvalue weighted by atomic mass is 10.1. The molecule has 0 aliphatic heterocycles. The van der Waals surface area contributed by atoms with Crippen LogP contribution in [0.2, 0.25) is 0 Å². The number of nitrogens with two attached hydrogens (primary N) is 1. The van der Waals surface area contributed by atoms with Crippen LogP contribution in [0.25, 0.3) is 5.82 Å². The van der Waals surface area contributed by atoms with Gasteiger partial charge in [-0.25, -0.2) is 4.98 Å². The molecule has 0 fully saturated rings. The van der Waals surface area contributed by atoms with Gasteiger partial charge in [-0.1, -0.05) is 19.9 Å². The van der Waals surface area contributed by atoms with Crippen molar-refractivity contribution in [2.45, 2.75) is 19.8 Å². The van der Waals surface area contributed by atoms with Gasteiger partial charge < -0.3 is 5.73 Å². The summed E-state index contributed by atoms with van der Waals surface area (Å²) in [6, 6.07) is 5.69. The number of rotatable bonds is 2. The maximum atomic E-state index is 6.03. The van der Waals surface area contributed by atoms with Crippen molar-refractivity contribution in [3.63, 3.8) is 0 Å². The number of anilines is 1. The largest absolute Gasteiger partial charge is 0.383 e. The molecule has 16 heavy (non-hydrogen) atoms. The standard InChI is InChI=1S/C11H13IN4/c1-7(2)10-9(12)11(13)16(15-10)8-5-3-4-6-14-8/h3-7H,13H2,1-2H3. The number of aromatic nitrogens is 3. The molecule has 2 aromatic heterocycles. The molecule has 0 aromatic carbocycles. The minimum absolute atomic E-state index is 0.360. The Labute approximate surface area is 108 Å². The van der Waals surface area contributed by atoms with Crippen LogP contribution in [0.1, 0.15) is 25.5 Å². The lowest BCUT2D eigenvalue weighted by Crippen LogP contribution is -2.04. The summed E-state index contributed by atoms with van der Waals surface area (Å²) in [5, 5.41) is 4.50. The molecule has 0 saturated heterocycles. The maximum Gasteiger partial charge on any atom is 0.155 e. The van der Waals surface area contributed by atoms with E-state index < -0.39 is 0 Å². The molecule has 0 saturated carbocycles. The second-order valence-electron chi connectivity index (χ2n) is 3.84. The van der Waals surface area contributed by atoms with Gasteiger partial charge >= 0.3 is 0 Å². The van der Waals surface area contributed by atoms with Crippen LogP contribution >= 0.6 is 22.6 Å². The zero-order chi connectivity index (χ0) is 11.7. The fourth-order valence-electron chi connectivity index (χ4n) is 1.45. The van der Waals surface area contributed by atoms with Crippen LogP contribution in [0.15, 0.2) is 24.4 Å². The minimum Gasteiger partial charge on any atom is -0.383 e. The predicted octanol–water partition coefficient (Wildman–Crippen LogP) is 2.58. The second kappa shape index (κ2) is 4.40. The Hall–Kier alpha value is -1.11. The average Bonchev–Trinajstić information content (AvgIpc) is 2.58. The summed E-state index contributed by atoms with van der Waals surface area (Å²) in [7, 11) is 0. The molecule has 2 rings (SSSR count). The maximum absolute atomic E-state index is 6.03. The summed E-state index contributed by atoms with van der Waals surface area (Å²) in [6.07, 6.45) is 1.73. The Morgan fingerprint density at radius 3 is 2.62 bits per heavy atom. The number of hydrogen-bond donors (Lipinski definition) is 1. The Kier molecular flexibility index (Phi) is 3.13. The van der Waals surface area contributed by atoms with Crippen LogP contribution in [-0.4, -0.2) is 14.8 Å². The lowest BCUT2D eigenvalue weighted by Gasteiger charge is -2.01. The third-order valence-corrected chi connectivity index (χ3v) is 3.40. The van der Waals surface area contributed by atoms with Crippen molar-refractivity contribution >= 4 is 28.4 Å². The molecule has 2 N–H and O–H groups in total. The number of hydrogen-bond acceptors (Lipinski definition) is 3. The van der Waals surface area contributed by atoms with Gasteiger partial charge in [0.2, 0.25) is 0 Å². The summed E-state index contributed by atoms with van der Waals surface area (Å²) in [5.74, 6) is 1.77. The molecular formula is C11H13IN4. The van der Waals surface area contributed by atoms with Crippen molar-refractivity contribution in [2.24, 2.45) is 0 Å². The van der Waals surface area contributed by atoms with E-state index in [1.807, 2.05) is 18.2 Å². The zero-order valence-corrected chi connectivity index (χ0v) is 11.3. The van der Waals surface area contributed by atoms with Crippen LogP contribution in [0.5, 0.6) is 0 Å². The van der Waals surface area contributed by atoms with Gasteiger partial charge in [0.15, 0.2) is 5.82 Å². The van der Waals surface area contributed by atoms with E-state index in [4.69, 9.17) is 5.73 Å². The van der Waals surface area contributed by atoms with Crippen LogP contribution in [0, 0.1) is 3.57 Å². The Morgan fingerprint density at radius 1 is 1.38 bits per heavy atom. The Balaban J connectivity index is 2.55. The van der Waals surface area contributed by atoms with Crippen molar-refractivity contribution in [3.05, 3.63) is 33.7 Å². The topological polar surface area (TPSA) is 56.7 Å². The van der Waals surface area contributed by atoms with Crippen molar-refractivity contribution in [1.29, 1.82) is 0 Å². The highest BCUT2D eigenvalue weighted by Gasteiger charge is 2.16. The van der Waals surface area contributed by atoms with Crippen LogP contribution < -0.4 is 5.73 Å². The SMILES string of the molecule is CC(C)c1nn(-c2ccccn2)c(N)c1I. The second-order valence-corrected chi connectivity index (χ2v) is 4.92. The van der Waals surface area contributed by atoms with Crippen molar-refractivity contribution in [2.75, 3.05) is 5.73 Å². The molecule has 5 heteroatoms. The number of halogens is 1. The fourth-order valence-corrected chi connectivity index (χ4v) is 2.41. The number of pyridine rings is 1. The van der Waals surface area contributed by atoms with Gasteiger partial charge in [-0.05, 0) is 40.6 Å². The molecule has 0 radical (unpaired) electrons. The molecule has 0 bridgehead atoms. The van der Waals surface area contributed by atoms with E-state index in [0.717, 1.165) is 15.1 Å². The van der Waals surface area contributed by atoms with E-state index in [0.29, 0.717) is 11.7 Å². The third kappa shape index (κ3) is 1.91. The van der Waals surface area contributed by atoms with Gasteiger partial charge in [0.25, 0.3) is 0 Å². The molecular weight excluding hydrogens is 315 g/mol. The van der Waals surface area contributed by atoms with Gasteiger partial charge in [0, 0.05) is 6.20 Å².